The molecule has 10 aromatic rings. The summed E-state index contributed by atoms with van der Waals surface area (Å²) in [5, 5.41) is 1.14. The summed E-state index contributed by atoms with van der Waals surface area (Å²) in [4.78, 5) is 16.2. The average molecular weight is 780 g/mol. The van der Waals surface area contributed by atoms with Crippen LogP contribution in [0.4, 0.5) is 0 Å². The van der Waals surface area contributed by atoms with Crippen molar-refractivity contribution in [2.24, 2.45) is 0 Å². The molecule has 0 N–H and O–H groups in total. The highest BCUT2D eigenvalue weighted by atomic mass is 14.9. The van der Waals surface area contributed by atoms with Crippen LogP contribution in [0.2, 0.25) is 0 Å². The standard InChI is InChI=1S/C58H41N3/c1-58(2)51-29-16-15-28-47(51)49-34-50-48(40-22-11-5-12-23-40)35-53(59-56(50)36-52(49)58)45-31-44(39-20-9-4-10-21-39)32-46(33-45)57-60-54(41-24-13-6-14-25-41)37-55(61-57)43-27-17-26-42(30-43)38-18-7-3-8-19-38/h3-37H,1-2H3. The topological polar surface area (TPSA) is 38.7 Å². The summed E-state index contributed by atoms with van der Waals surface area (Å²) in [6.07, 6.45) is 0. The molecule has 0 aliphatic heterocycles. The van der Waals surface area contributed by atoms with E-state index in [2.05, 4.69) is 220 Å². The van der Waals surface area contributed by atoms with E-state index in [9.17, 15) is 0 Å². The number of nitrogens with zero attached hydrogens (tertiary/aromatic N) is 3. The molecule has 8 aromatic carbocycles. The second-order valence-corrected chi connectivity index (χ2v) is 16.4. The molecule has 11 rings (SSSR count). The number of hydrogen-bond donors (Lipinski definition) is 0. The van der Waals surface area contributed by atoms with Gasteiger partial charge in [-0.2, -0.15) is 0 Å². The number of benzene rings is 8. The van der Waals surface area contributed by atoms with Crippen molar-refractivity contribution in [2.45, 2.75) is 19.3 Å². The van der Waals surface area contributed by atoms with E-state index in [1.54, 1.807) is 0 Å². The van der Waals surface area contributed by atoms with Gasteiger partial charge in [-0.1, -0.05) is 178 Å². The molecule has 288 valence electrons. The van der Waals surface area contributed by atoms with Crippen molar-refractivity contribution in [3.63, 3.8) is 0 Å². The summed E-state index contributed by atoms with van der Waals surface area (Å²) in [6.45, 7) is 4.66. The van der Waals surface area contributed by atoms with Gasteiger partial charge in [0.15, 0.2) is 5.82 Å². The molecule has 0 unspecified atom stereocenters. The predicted molar refractivity (Wildman–Crippen MR) is 253 cm³/mol. The molecule has 3 nitrogen and oxygen atoms in total. The van der Waals surface area contributed by atoms with E-state index >= 15 is 0 Å². The zero-order valence-electron chi connectivity index (χ0n) is 34.0. The Morgan fingerprint density at radius 2 is 0.803 bits per heavy atom. The molecule has 1 aliphatic rings. The third-order valence-corrected chi connectivity index (χ3v) is 12.3. The first-order valence-corrected chi connectivity index (χ1v) is 20.9. The number of aromatic nitrogens is 3. The monoisotopic (exact) mass is 779 g/mol. The summed E-state index contributed by atoms with van der Waals surface area (Å²) < 4.78 is 0. The van der Waals surface area contributed by atoms with E-state index in [1.165, 1.54) is 22.3 Å². The molecule has 0 bridgehead atoms. The van der Waals surface area contributed by atoms with Crippen LogP contribution in [0, 0.1) is 0 Å². The highest BCUT2D eigenvalue weighted by Gasteiger charge is 2.36. The van der Waals surface area contributed by atoms with Gasteiger partial charge in [-0.3, -0.25) is 0 Å². The molecule has 0 saturated carbocycles. The molecule has 0 radical (unpaired) electrons. The van der Waals surface area contributed by atoms with Gasteiger partial charge < -0.3 is 0 Å². The normalized spacial score (nSPS) is 12.6. The van der Waals surface area contributed by atoms with Crippen molar-refractivity contribution in [3.05, 3.63) is 223 Å². The molecule has 0 amide bonds. The van der Waals surface area contributed by atoms with Crippen molar-refractivity contribution < 1.29 is 0 Å². The Labute approximate surface area is 356 Å². The van der Waals surface area contributed by atoms with Gasteiger partial charge in [-0.25, -0.2) is 15.0 Å². The Bertz CT molecular complexity index is 3250. The second kappa shape index (κ2) is 14.8. The molecule has 0 fully saturated rings. The largest absolute Gasteiger partial charge is 0.248 e. The molecule has 2 heterocycles. The van der Waals surface area contributed by atoms with Crippen LogP contribution in [0.5, 0.6) is 0 Å². The lowest BCUT2D eigenvalue weighted by Gasteiger charge is -2.22. The molecule has 2 aromatic heterocycles. The first-order chi connectivity index (χ1) is 30.0. The summed E-state index contributed by atoms with van der Waals surface area (Å²) in [6, 6.07) is 75.4. The predicted octanol–water partition coefficient (Wildman–Crippen LogP) is 15.0. The minimum absolute atomic E-state index is 0.148. The van der Waals surface area contributed by atoms with Crippen LogP contribution in [-0.2, 0) is 5.41 Å². The van der Waals surface area contributed by atoms with E-state index in [4.69, 9.17) is 15.0 Å². The van der Waals surface area contributed by atoms with Crippen LogP contribution in [0.25, 0.3) is 101 Å². The van der Waals surface area contributed by atoms with E-state index in [1.807, 2.05) is 6.07 Å². The van der Waals surface area contributed by atoms with Crippen molar-refractivity contribution >= 4 is 10.9 Å². The molecule has 0 saturated heterocycles. The van der Waals surface area contributed by atoms with Crippen LogP contribution in [-0.4, -0.2) is 15.0 Å². The number of pyridine rings is 1. The molecule has 0 atom stereocenters. The van der Waals surface area contributed by atoms with Gasteiger partial charge >= 0.3 is 0 Å². The summed E-state index contributed by atoms with van der Waals surface area (Å²) >= 11 is 0. The lowest BCUT2D eigenvalue weighted by atomic mass is 9.82. The lowest BCUT2D eigenvalue weighted by molar-refractivity contribution is 0.661. The van der Waals surface area contributed by atoms with Gasteiger partial charge in [-0.05, 0) is 104 Å². The van der Waals surface area contributed by atoms with Crippen molar-refractivity contribution in [2.75, 3.05) is 0 Å². The van der Waals surface area contributed by atoms with Crippen LogP contribution >= 0.6 is 0 Å². The Morgan fingerprint density at radius 3 is 1.51 bits per heavy atom. The maximum atomic E-state index is 5.54. The van der Waals surface area contributed by atoms with Crippen molar-refractivity contribution in [3.8, 4) is 89.7 Å². The number of fused-ring (bicyclic) bond motifs is 4. The summed E-state index contributed by atoms with van der Waals surface area (Å²) in [7, 11) is 0. The van der Waals surface area contributed by atoms with Crippen LogP contribution in [0.15, 0.2) is 212 Å². The fraction of sp³-hybridized carbons (Fsp3) is 0.0517. The zero-order chi connectivity index (χ0) is 40.9. The Hall–Kier alpha value is -7.75. The SMILES string of the molecule is CC1(C)c2ccccc2-c2cc3c(-c4ccccc4)cc(-c4cc(-c5ccccc5)cc(-c5nc(-c6ccccc6)cc(-c6cccc(-c7ccccc7)c6)n5)c4)nc3cc21. The zero-order valence-corrected chi connectivity index (χ0v) is 34.0. The van der Waals surface area contributed by atoms with E-state index < -0.39 is 0 Å². The van der Waals surface area contributed by atoms with Crippen LogP contribution in [0.3, 0.4) is 0 Å². The Balaban J connectivity index is 1.14. The van der Waals surface area contributed by atoms with E-state index in [0.717, 1.165) is 83.6 Å². The van der Waals surface area contributed by atoms with E-state index in [-0.39, 0.29) is 5.41 Å². The molecule has 3 heteroatoms. The first-order valence-electron chi connectivity index (χ1n) is 20.9. The molecular formula is C58H41N3. The second-order valence-electron chi connectivity index (χ2n) is 16.4. The Kier molecular flexibility index (Phi) is 8.82. The maximum absolute atomic E-state index is 5.54. The number of rotatable bonds is 7. The third-order valence-electron chi connectivity index (χ3n) is 12.3. The molecular weight excluding hydrogens is 739 g/mol. The van der Waals surface area contributed by atoms with Gasteiger partial charge in [0, 0.05) is 33.1 Å². The van der Waals surface area contributed by atoms with Gasteiger partial charge in [0.25, 0.3) is 0 Å². The van der Waals surface area contributed by atoms with Crippen LogP contribution < -0.4 is 0 Å². The fourth-order valence-electron chi connectivity index (χ4n) is 9.10. The highest BCUT2D eigenvalue weighted by Crippen LogP contribution is 2.50. The minimum atomic E-state index is -0.148. The fourth-order valence-corrected chi connectivity index (χ4v) is 9.10. The van der Waals surface area contributed by atoms with Gasteiger partial charge in [-0.15, -0.1) is 0 Å². The quantitative estimate of drug-likeness (QED) is 0.162. The molecule has 1 aliphatic carbocycles. The first kappa shape index (κ1) is 36.3. The minimum Gasteiger partial charge on any atom is -0.248 e. The lowest BCUT2D eigenvalue weighted by Crippen LogP contribution is -2.14. The smallest absolute Gasteiger partial charge is 0.160 e. The Morgan fingerprint density at radius 1 is 0.295 bits per heavy atom. The average Bonchev–Trinajstić information content (AvgIpc) is 3.56. The molecule has 0 spiro atoms. The van der Waals surface area contributed by atoms with Crippen molar-refractivity contribution in [1.82, 2.24) is 15.0 Å². The van der Waals surface area contributed by atoms with Gasteiger partial charge in [0.1, 0.15) is 0 Å². The van der Waals surface area contributed by atoms with E-state index in [0.29, 0.717) is 5.82 Å². The maximum Gasteiger partial charge on any atom is 0.160 e. The van der Waals surface area contributed by atoms with Gasteiger partial charge in [0.05, 0.1) is 22.6 Å². The number of hydrogen-bond acceptors (Lipinski definition) is 3. The van der Waals surface area contributed by atoms with Gasteiger partial charge in [0.2, 0.25) is 0 Å². The third kappa shape index (κ3) is 6.61. The summed E-state index contributed by atoms with van der Waals surface area (Å²) in [5.41, 5.74) is 19.5. The highest BCUT2D eigenvalue weighted by molar-refractivity contribution is 6.02. The molecule has 61 heavy (non-hydrogen) atoms. The van der Waals surface area contributed by atoms with Crippen LogP contribution in [0.1, 0.15) is 25.0 Å². The van der Waals surface area contributed by atoms with Crippen molar-refractivity contribution in [1.29, 1.82) is 0 Å². The summed E-state index contributed by atoms with van der Waals surface area (Å²) in [5.74, 6) is 0.655.